The number of halogens is 4. The second kappa shape index (κ2) is 11.6. The minimum atomic E-state index is -4.74. The minimum Gasteiger partial charge on any atom is -0.506 e. The number of aryl methyl sites for hydroxylation is 1. The molecule has 198 valence electrons. The Morgan fingerprint density at radius 1 is 1.00 bits per heavy atom. The molecule has 0 aliphatic heterocycles. The van der Waals surface area contributed by atoms with Crippen LogP contribution in [0, 0.1) is 5.82 Å². The van der Waals surface area contributed by atoms with Gasteiger partial charge in [-0.3, -0.25) is 4.72 Å². The van der Waals surface area contributed by atoms with Gasteiger partial charge >= 0.3 is 12.4 Å². The summed E-state index contributed by atoms with van der Waals surface area (Å²) < 4.78 is 79.4. The number of amides is 2. The van der Waals surface area contributed by atoms with Crippen LogP contribution in [0.15, 0.2) is 65.6 Å². The van der Waals surface area contributed by atoms with E-state index in [9.17, 15) is 35.9 Å². The Hall–Kier alpha value is -3.65. The molecule has 0 unspecified atom stereocenters. The molecule has 0 radical (unpaired) electrons. The molecule has 0 bridgehead atoms. The summed E-state index contributed by atoms with van der Waals surface area (Å²) in [6, 6.07) is 13.2. The quantitative estimate of drug-likeness (QED) is 0.114. The monoisotopic (exact) mass is 559 g/mol. The number of rotatable bonds is 9. The topological polar surface area (TPSA) is 117 Å². The van der Waals surface area contributed by atoms with Gasteiger partial charge in [-0.2, -0.15) is 0 Å². The molecule has 0 atom stereocenters. The lowest BCUT2D eigenvalue weighted by molar-refractivity contribution is -0.274. The number of thioether (sulfide) groups is 1. The highest BCUT2D eigenvalue weighted by Crippen LogP contribution is 2.30. The number of urea groups is 1. The van der Waals surface area contributed by atoms with E-state index in [4.69, 9.17) is 0 Å². The van der Waals surface area contributed by atoms with Crippen LogP contribution in [-0.2, 0) is 16.4 Å². The number of carbonyl (C=O) groups excluding carboxylic acids is 1. The van der Waals surface area contributed by atoms with Gasteiger partial charge < -0.3 is 20.5 Å². The predicted octanol–water partition coefficient (Wildman–Crippen LogP) is 5.78. The zero-order valence-corrected chi connectivity index (χ0v) is 20.7. The van der Waals surface area contributed by atoms with Crippen LogP contribution in [0.1, 0.15) is 5.56 Å². The van der Waals surface area contributed by atoms with Crippen molar-refractivity contribution in [2.24, 2.45) is 0 Å². The van der Waals surface area contributed by atoms with Crippen molar-refractivity contribution >= 4 is 44.9 Å². The maximum atomic E-state index is 14.1. The third kappa shape index (κ3) is 9.38. The van der Waals surface area contributed by atoms with Gasteiger partial charge in [0.2, 0.25) is 10.0 Å². The first-order valence-corrected chi connectivity index (χ1v) is 13.3. The molecular formula is C23H21F4N3O5S2. The number of anilines is 3. The van der Waals surface area contributed by atoms with E-state index in [1.807, 2.05) is 4.72 Å². The third-order valence-corrected chi connectivity index (χ3v) is 6.16. The Morgan fingerprint density at radius 2 is 1.65 bits per heavy atom. The van der Waals surface area contributed by atoms with Crippen LogP contribution in [0.5, 0.6) is 11.5 Å². The highest BCUT2D eigenvalue weighted by Gasteiger charge is 2.30. The van der Waals surface area contributed by atoms with Crippen LogP contribution in [0.2, 0.25) is 0 Å². The van der Waals surface area contributed by atoms with Crippen molar-refractivity contribution in [3.8, 4) is 11.5 Å². The molecule has 0 heterocycles. The second-order valence-electron chi connectivity index (χ2n) is 7.62. The number of benzene rings is 3. The number of alkyl halides is 3. The van der Waals surface area contributed by atoms with E-state index in [1.54, 1.807) is 24.3 Å². The van der Waals surface area contributed by atoms with Gasteiger partial charge in [-0.15, -0.1) is 24.9 Å². The van der Waals surface area contributed by atoms with E-state index in [0.717, 1.165) is 22.8 Å². The number of sulfonamides is 1. The Balaban J connectivity index is 1.51. The van der Waals surface area contributed by atoms with E-state index < -0.39 is 34.0 Å². The Labute approximate surface area is 214 Å². The summed E-state index contributed by atoms with van der Waals surface area (Å²) >= 11 is 1.45. The molecule has 0 saturated heterocycles. The molecule has 3 aromatic carbocycles. The van der Waals surface area contributed by atoms with Crippen molar-refractivity contribution in [1.29, 1.82) is 0 Å². The molecule has 0 fully saturated rings. The molecular weight excluding hydrogens is 538 g/mol. The highest BCUT2D eigenvalue weighted by atomic mass is 32.2. The fourth-order valence-corrected chi connectivity index (χ4v) is 4.47. The summed E-state index contributed by atoms with van der Waals surface area (Å²) in [4.78, 5) is 13.0. The molecule has 2 amide bonds. The molecule has 0 aliphatic rings. The van der Waals surface area contributed by atoms with E-state index in [0.29, 0.717) is 23.9 Å². The summed E-state index contributed by atoms with van der Waals surface area (Å²) in [6.07, 6.45) is -3.24. The molecule has 3 aromatic rings. The zero-order chi connectivity index (χ0) is 27.2. The van der Waals surface area contributed by atoms with Gasteiger partial charge in [0.1, 0.15) is 11.5 Å². The van der Waals surface area contributed by atoms with Crippen molar-refractivity contribution < 1.29 is 40.6 Å². The number of carbonyl (C=O) groups is 1. The molecule has 4 N–H and O–H groups in total. The number of nitrogens with one attached hydrogen (secondary N) is 3. The van der Waals surface area contributed by atoms with E-state index >= 15 is 0 Å². The van der Waals surface area contributed by atoms with Gasteiger partial charge in [0.25, 0.3) is 0 Å². The maximum Gasteiger partial charge on any atom is 0.573 e. The summed E-state index contributed by atoms with van der Waals surface area (Å²) in [5, 5.41) is 14.5. The maximum absolute atomic E-state index is 14.1. The normalized spacial score (nSPS) is 11.6. The summed E-state index contributed by atoms with van der Waals surface area (Å²) in [6.45, 7) is 0. The molecule has 8 nitrogen and oxygen atoms in total. The molecule has 0 aliphatic carbocycles. The number of aromatic hydroxyl groups is 1. The third-order valence-electron chi connectivity index (χ3n) is 4.56. The van der Waals surface area contributed by atoms with Crippen LogP contribution in [0.25, 0.3) is 0 Å². The lowest BCUT2D eigenvalue weighted by Gasteiger charge is -2.12. The van der Waals surface area contributed by atoms with Crippen molar-refractivity contribution in [2.45, 2.75) is 17.7 Å². The minimum absolute atomic E-state index is 0.289. The fraction of sp³-hybridized carbons (Fsp3) is 0.174. The van der Waals surface area contributed by atoms with Crippen molar-refractivity contribution in [1.82, 2.24) is 0 Å². The SMILES string of the molecule is CS(=O)(=O)Nc1cc(NC(=O)Nc2ccc(CCSc3ccc(OC(F)(F)F)cc3)cc2)c(F)cc1O. The van der Waals surface area contributed by atoms with Crippen LogP contribution in [-0.4, -0.2) is 37.9 Å². The van der Waals surface area contributed by atoms with Crippen LogP contribution in [0.3, 0.4) is 0 Å². The lowest BCUT2D eigenvalue weighted by atomic mass is 10.1. The van der Waals surface area contributed by atoms with Crippen LogP contribution in [0.4, 0.5) is 39.4 Å². The molecule has 3 rings (SSSR count). The van der Waals surface area contributed by atoms with Gasteiger partial charge in [0, 0.05) is 22.4 Å². The van der Waals surface area contributed by atoms with Crippen LogP contribution < -0.4 is 20.1 Å². The first kappa shape index (κ1) is 27.9. The van der Waals surface area contributed by atoms with Gasteiger partial charge in [-0.05, 0) is 54.4 Å². The number of hydrogen-bond acceptors (Lipinski definition) is 6. The molecule has 37 heavy (non-hydrogen) atoms. The van der Waals surface area contributed by atoms with Crippen molar-refractivity contribution in [3.05, 3.63) is 72.0 Å². The standard InChI is InChI=1S/C23H21F4N3O5S2/c1-37(33,34)30-20-13-19(18(24)12-21(20)31)29-22(32)28-15-4-2-14(3-5-15)10-11-36-17-8-6-16(7-9-17)35-23(25,26)27/h2-9,12-13,30-31H,10-11H2,1H3,(H2,28,29,32). The Bertz CT molecular complexity index is 1350. The molecule has 14 heteroatoms. The van der Waals surface area contributed by atoms with Gasteiger partial charge in [-0.1, -0.05) is 12.1 Å². The Kier molecular flexibility index (Phi) is 8.76. The number of ether oxygens (including phenoxy) is 1. The largest absolute Gasteiger partial charge is 0.573 e. The van der Waals surface area contributed by atoms with E-state index in [1.165, 1.54) is 36.0 Å². The van der Waals surface area contributed by atoms with Gasteiger partial charge in [0.15, 0.2) is 5.82 Å². The number of hydrogen-bond donors (Lipinski definition) is 4. The summed E-state index contributed by atoms with van der Waals surface area (Å²) in [5.74, 6) is -1.25. The summed E-state index contributed by atoms with van der Waals surface area (Å²) in [7, 11) is -3.75. The van der Waals surface area contributed by atoms with Crippen LogP contribution >= 0.6 is 11.8 Å². The highest BCUT2D eigenvalue weighted by molar-refractivity contribution is 7.99. The first-order chi connectivity index (χ1) is 17.3. The van der Waals surface area contributed by atoms with E-state index in [2.05, 4.69) is 15.4 Å². The average molecular weight is 560 g/mol. The Morgan fingerprint density at radius 3 is 2.24 bits per heavy atom. The van der Waals surface area contributed by atoms with Gasteiger partial charge in [-0.25, -0.2) is 17.6 Å². The first-order valence-electron chi connectivity index (χ1n) is 10.4. The smallest absolute Gasteiger partial charge is 0.506 e. The van der Waals surface area contributed by atoms with Crippen molar-refractivity contribution in [2.75, 3.05) is 27.4 Å². The molecule has 0 saturated carbocycles. The molecule has 0 spiro atoms. The number of phenols is 1. The molecule has 0 aromatic heterocycles. The zero-order valence-electron chi connectivity index (χ0n) is 19.1. The number of phenolic OH excluding ortho intramolecular Hbond substituents is 1. The van der Waals surface area contributed by atoms with E-state index in [-0.39, 0.29) is 17.1 Å². The summed E-state index contributed by atoms with van der Waals surface area (Å²) in [5.41, 5.74) is 0.694. The fourth-order valence-electron chi connectivity index (χ4n) is 3.00. The second-order valence-corrected chi connectivity index (χ2v) is 10.5. The lowest BCUT2D eigenvalue weighted by Crippen LogP contribution is -2.20. The predicted molar refractivity (Wildman–Crippen MR) is 133 cm³/mol. The average Bonchev–Trinajstić information content (AvgIpc) is 2.77. The van der Waals surface area contributed by atoms with Crippen molar-refractivity contribution in [3.63, 3.8) is 0 Å². The van der Waals surface area contributed by atoms with Gasteiger partial charge in [0.05, 0.1) is 17.6 Å².